The van der Waals surface area contributed by atoms with Gasteiger partial charge in [-0.3, -0.25) is 14.8 Å². The van der Waals surface area contributed by atoms with E-state index in [2.05, 4.69) is 15.2 Å². The van der Waals surface area contributed by atoms with Crippen molar-refractivity contribution >= 4 is 11.9 Å². The molecule has 1 atom stereocenters. The zero-order valence-corrected chi connectivity index (χ0v) is 10.3. The average molecular weight is 250 g/mol. The molecule has 2 fully saturated rings. The fourth-order valence-corrected chi connectivity index (χ4v) is 2.83. The van der Waals surface area contributed by atoms with Crippen LogP contribution in [0.2, 0.25) is 0 Å². The SMILES string of the molecule is O=C1CC(O)CN1c1n[nH]c(C2CCCCC2)n1. The van der Waals surface area contributed by atoms with Crippen LogP contribution in [0.5, 0.6) is 0 Å². The summed E-state index contributed by atoms with van der Waals surface area (Å²) < 4.78 is 0. The van der Waals surface area contributed by atoms with Crippen LogP contribution in [0.25, 0.3) is 0 Å². The summed E-state index contributed by atoms with van der Waals surface area (Å²) in [6.07, 6.45) is 5.65. The normalized spacial score (nSPS) is 25.9. The second kappa shape index (κ2) is 4.68. The van der Waals surface area contributed by atoms with Crippen molar-refractivity contribution in [3.05, 3.63) is 5.82 Å². The molecule has 6 heteroatoms. The molecule has 1 aromatic rings. The third kappa shape index (κ3) is 2.12. The molecule has 1 aromatic heterocycles. The number of rotatable bonds is 2. The van der Waals surface area contributed by atoms with Crippen molar-refractivity contribution in [3.8, 4) is 0 Å². The fourth-order valence-electron chi connectivity index (χ4n) is 2.83. The van der Waals surface area contributed by atoms with Crippen LogP contribution in [-0.2, 0) is 4.79 Å². The maximum absolute atomic E-state index is 11.6. The molecule has 1 saturated carbocycles. The highest BCUT2D eigenvalue weighted by Crippen LogP contribution is 2.31. The second-order valence-electron chi connectivity index (χ2n) is 5.22. The van der Waals surface area contributed by atoms with Crippen LogP contribution in [-0.4, -0.2) is 38.8 Å². The van der Waals surface area contributed by atoms with Gasteiger partial charge in [0.25, 0.3) is 5.95 Å². The summed E-state index contributed by atoms with van der Waals surface area (Å²) in [5.74, 6) is 1.65. The van der Waals surface area contributed by atoms with E-state index in [1.807, 2.05) is 0 Å². The van der Waals surface area contributed by atoms with Crippen molar-refractivity contribution in [2.75, 3.05) is 11.4 Å². The number of aliphatic hydroxyl groups is 1. The summed E-state index contributed by atoms with van der Waals surface area (Å²) >= 11 is 0. The van der Waals surface area contributed by atoms with Crippen LogP contribution in [0.15, 0.2) is 0 Å². The topological polar surface area (TPSA) is 82.1 Å². The number of hydrogen-bond donors (Lipinski definition) is 2. The molecule has 2 aliphatic rings. The van der Waals surface area contributed by atoms with Gasteiger partial charge in [-0.25, -0.2) is 0 Å². The molecule has 0 bridgehead atoms. The molecule has 0 spiro atoms. The van der Waals surface area contributed by atoms with Crippen molar-refractivity contribution in [2.45, 2.75) is 50.5 Å². The minimum absolute atomic E-state index is 0.100. The van der Waals surface area contributed by atoms with E-state index >= 15 is 0 Å². The quantitative estimate of drug-likeness (QED) is 0.818. The highest BCUT2D eigenvalue weighted by molar-refractivity contribution is 5.94. The molecule has 1 aliphatic carbocycles. The third-order valence-electron chi connectivity index (χ3n) is 3.83. The molecule has 2 N–H and O–H groups in total. The molecule has 1 unspecified atom stereocenters. The largest absolute Gasteiger partial charge is 0.391 e. The number of nitrogens with zero attached hydrogens (tertiary/aromatic N) is 3. The Hall–Kier alpha value is -1.43. The monoisotopic (exact) mass is 250 g/mol. The molecule has 0 radical (unpaired) electrons. The zero-order chi connectivity index (χ0) is 12.5. The van der Waals surface area contributed by atoms with Crippen LogP contribution in [0.4, 0.5) is 5.95 Å². The predicted octanol–water partition coefficient (Wildman–Crippen LogP) is 0.950. The van der Waals surface area contributed by atoms with E-state index in [0.717, 1.165) is 18.7 Å². The lowest BCUT2D eigenvalue weighted by Crippen LogP contribution is -2.26. The molecule has 1 aliphatic heterocycles. The highest BCUT2D eigenvalue weighted by atomic mass is 16.3. The maximum atomic E-state index is 11.6. The van der Waals surface area contributed by atoms with Crippen LogP contribution >= 0.6 is 0 Å². The number of hydrogen-bond acceptors (Lipinski definition) is 4. The van der Waals surface area contributed by atoms with Gasteiger partial charge < -0.3 is 5.11 Å². The van der Waals surface area contributed by atoms with Crippen molar-refractivity contribution in [3.63, 3.8) is 0 Å². The van der Waals surface area contributed by atoms with Crippen molar-refractivity contribution in [1.82, 2.24) is 15.2 Å². The summed E-state index contributed by atoms with van der Waals surface area (Å²) in [5.41, 5.74) is 0. The highest BCUT2D eigenvalue weighted by Gasteiger charge is 2.32. The van der Waals surface area contributed by atoms with Gasteiger partial charge in [-0.2, -0.15) is 4.98 Å². The number of amides is 1. The first-order chi connectivity index (χ1) is 8.74. The van der Waals surface area contributed by atoms with Crippen LogP contribution in [0.3, 0.4) is 0 Å². The minimum atomic E-state index is -0.589. The summed E-state index contributed by atoms with van der Waals surface area (Å²) in [7, 11) is 0. The van der Waals surface area contributed by atoms with Crippen LogP contribution < -0.4 is 4.90 Å². The van der Waals surface area contributed by atoms with Crippen LogP contribution in [0, 0.1) is 0 Å². The van der Waals surface area contributed by atoms with Gasteiger partial charge in [-0.15, -0.1) is 5.10 Å². The summed E-state index contributed by atoms with van der Waals surface area (Å²) in [4.78, 5) is 17.5. The first-order valence-electron chi connectivity index (χ1n) is 6.65. The fraction of sp³-hybridized carbons (Fsp3) is 0.750. The van der Waals surface area contributed by atoms with E-state index in [-0.39, 0.29) is 12.3 Å². The number of β-amino-alcohol motifs (C(OH)–C–C–N with tert-alkyl or cyclic N) is 1. The van der Waals surface area contributed by atoms with E-state index < -0.39 is 6.10 Å². The van der Waals surface area contributed by atoms with Gasteiger partial charge in [-0.05, 0) is 12.8 Å². The first-order valence-corrected chi connectivity index (χ1v) is 6.65. The minimum Gasteiger partial charge on any atom is -0.391 e. The van der Waals surface area contributed by atoms with Gasteiger partial charge in [0.1, 0.15) is 5.82 Å². The summed E-state index contributed by atoms with van der Waals surface area (Å²) in [6, 6.07) is 0. The lowest BCUT2D eigenvalue weighted by molar-refractivity contribution is -0.117. The van der Waals surface area contributed by atoms with Gasteiger partial charge in [-0.1, -0.05) is 19.3 Å². The molecule has 1 saturated heterocycles. The molecular formula is C12H18N4O2. The summed E-state index contributed by atoms with van der Waals surface area (Å²) in [6.45, 7) is 0.306. The molecule has 1 amide bonds. The first kappa shape index (κ1) is 11.6. The molecule has 2 heterocycles. The molecular weight excluding hydrogens is 232 g/mol. The Morgan fingerprint density at radius 2 is 2.06 bits per heavy atom. The van der Waals surface area contributed by atoms with E-state index in [0.29, 0.717) is 18.4 Å². The van der Waals surface area contributed by atoms with Gasteiger partial charge >= 0.3 is 0 Å². The molecule has 0 aromatic carbocycles. The van der Waals surface area contributed by atoms with Gasteiger partial charge in [0, 0.05) is 5.92 Å². The Morgan fingerprint density at radius 3 is 2.72 bits per heavy atom. The lowest BCUT2D eigenvalue weighted by Gasteiger charge is -2.18. The van der Waals surface area contributed by atoms with Gasteiger partial charge in [0.05, 0.1) is 19.1 Å². The van der Waals surface area contributed by atoms with E-state index in [9.17, 15) is 9.90 Å². The molecule has 98 valence electrons. The predicted molar refractivity (Wildman–Crippen MR) is 65.2 cm³/mol. The smallest absolute Gasteiger partial charge is 0.251 e. The van der Waals surface area contributed by atoms with E-state index in [1.54, 1.807) is 0 Å². The van der Waals surface area contributed by atoms with Crippen molar-refractivity contribution < 1.29 is 9.90 Å². The number of carbonyl (C=O) groups is 1. The average Bonchev–Trinajstić information content (AvgIpc) is 2.97. The van der Waals surface area contributed by atoms with Crippen LogP contribution in [0.1, 0.15) is 50.3 Å². The standard InChI is InChI=1S/C12H18N4O2/c17-9-6-10(18)16(7-9)12-13-11(14-15-12)8-4-2-1-3-5-8/h8-9,17H,1-7H2,(H,13,14,15). The van der Waals surface area contributed by atoms with Crippen molar-refractivity contribution in [2.24, 2.45) is 0 Å². The van der Waals surface area contributed by atoms with Gasteiger partial charge in [0.15, 0.2) is 0 Å². The van der Waals surface area contributed by atoms with E-state index in [4.69, 9.17) is 0 Å². The molecule has 3 rings (SSSR count). The zero-order valence-electron chi connectivity index (χ0n) is 10.3. The van der Waals surface area contributed by atoms with Crippen molar-refractivity contribution in [1.29, 1.82) is 0 Å². The Kier molecular flexibility index (Phi) is 3.03. The number of aromatic amines is 1. The second-order valence-corrected chi connectivity index (χ2v) is 5.22. The Balaban J connectivity index is 1.74. The number of nitrogens with one attached hydrogen (secondary N) is 1. The Bertz CT molecular complexity index is 439. The van der Waals surface area contributed by atoms with Gasteiger partial charge in [0.2, 0.25) is 5.91 Å². The number of aromatic nitrogens is 3. The molecule has 18 heavy (non-hydrogen) atoms. The Morgan fingerprint density at radius 1 is 1.28 bits per heavy atom. The Labute approximate surface area is 105 Å². The summed E-state index contributed by atoms with van der Waals surface area (Å²) in [5, 5.41) is 16.5. The number of H-pyrrole nitrogens is 1. The number of carbonyl (C=O) groups excluding carboxylic acids is 1. The lowest BCUT2D eigenvalue weighted by atomic mass is 9.89. The number of anilines is 1. The number of aliphatic hydroxyl groups excluding tert-OH is 1. The third-order valence-corrected chi connectivity index (χ3v) is 3.83. The molecule has 6 nitrogen and oxygen atoms in total. The maximum Gasteiger partial charge on any atom is 0.251 e. The van der Waals surface area contributed by atoms with E-state index in [1.165, 1.54) is 24.2 Å².